The molecule has 0 saturated carbocycles. The number of amides is 1. The minimum Gasteiger partial charge on any atom is -0.454 e. The van der Waals surface area contributed by atoms with Crippen molar-refractivity contribution in [1.82, 2.24) is 4.57 Å². The number of ether oxygens (including phenoxy) is 2. The molecular weight excluding hydrogens is 336 g/mol. The predicted molar refractivity (Wildman–Crippen MR) is 91.0 cm³/mol. The molecule has 7 heteroatoms. The number of aromatic nitrogens is 1. The molecule has 2 aromatic heterocycles. The lowest BCUT2D eigenvalue weighted by Gasteiger charge is -2.09. The Morgan fingerprint density at radius 2 is 2.13 bits per heavy atom. The maximum atomic E-state index is 12.6. The Labute approximate surface area is 141 Å². The summed E-state index contributed by atoms with van der Waals surface area (Å²) in [5, 5.41) is 2.90. The Hall–Kier alpha value is -2.18. The van der Waals surface area contributed by atoms with Crippen LogP contribution in [0.1, 0.15) is 17.4 Å². The summed E-state index contributed by atoms with van der Waals surface area (Å²) < 4.78 is 14.3. The molecule has 0 radical (unpaired) electrons. The lowest BCUT2D eigenvalue weighted by Crippen LogP contribution is -2.16. The zero-order valence-electron chi connectivity index (χ0n) is 12.3. The highest BCUT2D eigenvalue weighted by Gasteiger charge is 2.18. The van der Waals surface area contributed by atoms with Gasteiger partial charge in [-0.2, -0.15) is 0 Å². The summed E-state index contributed by atoms with van der Waals surface area (Å²) in [7, 11) is 0. The fourth-order valence-corrected chi connectivity index (χ4v) is 3.89. The SMILES string of the molecule is CCn1c(C(=O)Nc2ccc3c(c2)OCO3)cc2sc(Cl)cc21. The third-order valence-corrected chi connectivity index (χ3v) is 4.94. The van der Waals surface area contributed by atoms with Crippen LogP contribution in [0.4, 0.5) is 5.69 Å². The molecule has 5 nitrogen and oxygen atoms in total. The van der Waals surface area contributed by atoms with E-state index in [-0.39, 0.29) is 12.7 Å². The van der Waals surface area contributed by atoms with Gasteiger partial charge in [-0.25, -0.2) is 0 Å². The van der Waals surface area contributed by atoms with Gasteiger partial charge in [0.05, 0.1) is 14.6 Å². The topological polar surface area (TPSA) is 52.5 Å². The third kappa shape index (κ3) is 2.44. The van der Waals surface area contributed by atoms with Gasteiger partial charge in [0.1, 0.15) is 5.69 Å². The largest absolute Gasteiger partial charge is 0.454 e. The van der Waals surface area contributed by atoms with Gasteiger partial charge < -0.3 is 19.4 Å². The normalized spacial score (nSPS) is 12.8. The molecule has 0 saturated heterocycles. The van der Waals surface area contributed by atoms with E-state index in [0.717, 1.165) is 14.6 Å². The van der Waals surface area contributed by atoms with Gasteiger partial charge in [0.25, 0.3) is 5.91 Å². The van der Waals surface area contributed by atoms with Crippen molar-refractivity contribution < 1.29 is 14.3 Å². The van der Waals surface area contributed by atoms with E-state index in [1.54, 1.807) is 18.2 Å². The maximum Gasteiger partial charge on any atom is 0.272 e. The Balaban J connectivity index is 1.65. The van der Waals surface area contributed by atoms with Crippen LogP contribution in [0.15, 0.2) is 30.3 Å². The van der Waals surface area contributed by atoms with E-state index in [2.05, 4.69) is 5.32 Å². The molecule has 0 spiro atoms. The molecule has 3 heterocycles. The van der Waals surface area contributed by atoms with Crippen molar-refractivity contribution in [3.8, 4) is 11.5 Å². The molecule has 4 rings (SSSR count). The molecule has 1 N–H and O–H groups in total. The van der Waals surface area contributed by atoms with Crippen LogP contribution in [0.3, 0.4) is 0 Å². The van der Waals surface area contributed by atoms with E-state index < -0.39 is 0 Å². The van der Waals surface area contributed by atoms with Crippen molar-refractivity contribution >= 4 is 44.7 Å². The number of halogens is 1. The minimum absolute atomic E-state index is 0.162. The fourth-order valence-electron chi connectivity index (χ4n) is 2.71. The Morgan fingerprint density at radius 3 is 2.96 bits per heavy atom. The highest BCUT2D eigenvalue weighted by molar-refractivity contribution is 7.22. The van der Waals surface area contributed by atoms with E-state index in [9.17, 15) is 4.79 Å². The summed E-state index contributed by atoms with van der Waals surface area (Å²) in [5.41, 5.74) is 2.27. The van der Waals surface area contributed by atoms with Gasteiger partial charge in [-0.3, -0.25) is 4.79 Å². The molecule has 118 valence electrons. The first kappa shape index (κ1) is 14.4. The zero-order valence-corrected chi connectivity index (χ0v) is 13.8. The second kappa shape index (κ2) is 5.47. The summed E-state index contributed by atoms with van der Waals surface area (Å²) in [6.07, 6.45) is 0. The number of benzene rings is 1. The van der Waals surface area contributed by atoms with E-state index in [1.165, 1.54) is 11.3 Å². The third-order valence-electron chi connectivity index (χ3n) is 3.74. The molecule has 23 heavy (non-hydrogen) atoms. The van der Waals surface area contributed by atoms with E-state index in [4.69, 9.17) is 21.1 Å². The quantitative estimate of drug-likeness (QED) is 0.765. The molecule has 1 aromatic carbocycles. The van der Waals surface area contributed by atoms with Crippen molar-refractivity contribution in [2.45, 2.75) is 13.5 Å². The first-order valence-electron chi connectivity index (χ1n) is 7.15. The molecule has 3 aromatic rings. The maximum absolute atomic E-state index is 12.6. The number of aryl methyl sites for hydroxylation is 1. The molecule has 0 unspecified atom stereocenters. The van der Waals surface area contributed by atoms with Crippen LogP contribution >= 0.6 is 22.9 Å². The van der Waals surface area contributed by atoms with E-state index in [0.29, 0.717) is 29.4 Å². The summed E-state index contributed by atoms with van der Waals surface area (Å²) in [5.74, 6) is 1.17. The number of rotatable bonds is 3. The molecule has 0 aliphatic carbocycles. The van der Waals surface area contributed by atoms with Crippen LogP contribution in [0.25, 0.3) is 10.2 Å². The number of thiophene rings is 1. The number of nitrogens with one attached hydrogen (secondary N) is 1. The summed E-state index contributed by atoms with van der Waals surface area (Å²) in [4.78, 5) is 12.6. The van der Waals surface area contributed by atoms with Crippen LogP contribution in [-0.2, 0) is 6.54 Å². The second-order valence-electron chi connectivity index (χ2n) is 5.10. The lowest BCUT2D eigenvalue weighted by molar-refractivity contribution is 0.101. The van der Waals surface area contributed by atoms with Crippen molar-refractivity contribution in [1.29, 1.82) is 0 Å². The molecule has 1 aliphatic rings. The predicted octanol–water partition coefficient (Wildman–Crippen LogP) is 4.36. The smallest absolute Gasteiger partial charge is 0.272 e. The van der Waals surface area contributed by atoms with Gasteiger partial charge in [-0.1, -0.05) is 11.6 Å². The summed E-state index contributed by atoms with van der Waals surface area (Å²) >= 11 is 7.52. The lowest BCUT2D eigenvalue weighted by atomic mass is 10.2. The molecule has 1 amide bonds. The molecule has 0 fully saturated rings. The first-order valence-corrected chi connectivity index (χ1v) is 8.34. The highest BCUT2D eigenvalue weighted by Crippen LogP contribution is 2.35. The van der Waals surface area contributed by atoms with E-state index in [1.807, 2.05) is 23.6 Å². The van der Waals surface area contributed by atoms with Crippen LogP contribution in [0.5, 0.6) is 11.5 Å². The average Bonchev–Trinajstić information content (AvgIpc) is 3.19. The number of nitrogens with zero attached hydrogens (tertiary/aromatic N) is 1. The Bertz CT molecular complexity index is 916. The standard InChI is InChI=1S/C16H13ClN2O3S/c1-2-19-10-7-15(17)23-14(10)6-11(19)16(20)18-9-3-4-12-13(5-9)22-8-21-12/h3-7H,2,8H2,1H3,(H,18,20). The van der Waals surface area contributed by atoms with Crippen LogP contribution in [0.2, 0.25) is 4.34 Å². The van der Waals surface area contributed by atoms with Gasteiger partial charge in [0, 0.05) is 18.3 Å². The first-order chi connectivity index (χ1) is 11.2. The zero-order chi connectivity index (χ0) is 16.0. The fraction of sp³-hybridized carbons (Fsp3) is 0.188. The van der Waals surface area contributed by atoms with Gasteiger partial charge in [-0.15, -0.1) is 11.3 Å². The van der Waals surface area contributed by atoms with Crippen LogP contribution < -0.4 is 14.8 Å². The van der Waals surface area contributed by atoms with E-state index >= 15 is 0 Å². The monoisotopic (exact) mass is 348 g/mol. The summed E-state index contributed by atoms with van der Waals surface area (Å²) in [6, 6.07) is 9.11. The Morgan fingerprint density at radius 1 is 1.30 bits per heavy atom. The number of hydrogen-bond acceptors (Lipinski definition) is 4. The molecule has 0 atom stereocenters. The number of anilines is 1. The number of carbonyl (C=O) groups is 1. The van der Waals surface area contributed by atoms with Crippen molar-refractivity contribution in [3.05, 3.63) is 40.4 Å². The average molecular weight is 349 g/mol. The number of fused-ring (bicyclic) bond motifs is 2. The van der Waals surface area contributed by atoms with Crippen molar-refractivity contribution in [3.63, 3.8) is 0 Å². The van der Waals surface area contributed by atoms with Crippen LogP contribution in [0, 0.1) is 0 Å². The van der Waals surface area contributed by atoms with Crippen molar-refractivity contribution in [2.24, 2.45) is 0 Å². The van der Waals surface area contributed by atoms with Gasteiger partial charge in [0.15, 0.2) is 11.5 Å². The van der Waals surface area contributed by atoms with Gasteiger partial charge in [0.2, 0.25) is 6.79 Å². The minimum atomic E-state index is -0.162. The van der Waals surface area contributed by atoms with Crippen LogP contribution in [-0.4, -0.2) is 17.3 Å². The Kier molecular flexibility index (Phi) is 3.43. The number of carbonyl (C=O) groups excluding carboxylic acids is 1. The molecule has 1 aliphatic heterocycles. The highest BCUT2D eigenvalue weighted by atomic mass is 35.5. The van der Waals surface area contributed by atoms with Crippen molar-refractivity contribution in [2.75, 3.05) is 12.1 Å². The van der Waals surface area contributed by atoms with Gasteiger partial charge >= 0.3 is 0 Å². The molecule has 0 bridgehead atoms. The molecular formula is C16H13ClN2O3S. The number of hydrogen-bond donors (Lipinski definition) is 1. The van der Waals surface area contributed by atoms with Gasteiger partial charge in [-0.05, 0) is 31.2 Å². The summed E-state index contributed by atoms with van der Waals surface area (Å²) in [6.45, 7) is 2.91. The second-order valence-corrected chi connectivity index (χ2v) is 6.81.